The van der Waals surface area contributed by atoms with E-state index in [2.05, 4.69) is 73.2 Å². The fourth-order valence-electron chi connectivity index (χ4n) is 3.86. The molecule has 1 aliphatic heterocycles. The Morgan fingerprint density at radius 2 is 1.77 bits per heavy atom. The van der Waals surface area contributed by atoms with Gasteiger partial charge in [-0.05, 0) is 88.5 Å². The van der Waals surface area contributed by atoms with Crippen LogP contribution in [-0.2, 0) is 5.92 Å². The second kappa shape index (κ2) is 24.5. The maximum atomic E-state index is 13.4. The molecule has 0 bridgehead atoms. The molecule has 1 atom stereocenters. The van der Waals surface area contributed by atoms with Crippen molar-refractivity contribution < 1.29 is 8.78 Å². The zero-order valence-electron chi connectivity index (χ0n) is 27.8. The largest absolute Gasteiger partial charge is 0.399 e. The summed E-state index contributed by atoms with van der Waals surface area (Å²) >= 11 is 0. The minimum Gasteiger partial charge on any atom is -0.399 e. The van der Waals surface area contributed by atoms with Gasteiger partial charge in [0.1, 0.15) is 0 Å². The second-order valence-electron chi connectivity index (χ2n) is 10.0. The third-order valence-electron chi connectivity index (χ3n) is 6.23. The van der Waals surface area contributed by atoms with Crippen molar-refractivity contribution in [1.29, 1.82) is 5.41 Å². The highest BCUT2D eigenvalue weighted by Gasteiger charge is 2.25. The summed E-state index contributed by atoms with van der Waals surface area (Å²) in [7, 11) is 1.50. The zero-order chi connectivity index (χ0) is 34.1. The number of hydrogen-bond donors (Lipinski definition) is 4. The number of hydrogen-bond acceptors (Lipinski definition) is 6. The summed E-state index contributed by atoms with van der Waals surface area (Å²) < 4.78 is 26.9. The number of aliphatic imine (C=N–C) groups is 2. The molecule has 242 valence electrons. The van der Waals surface area contributed by atoms with Crippen molar-refractivity contribution in [1.82, 2.24) is 5.32 Å². The molecule has 2 aromatic rings. The van der Waals surface area contributed by atoms with Crippen molar-refractivity contribution in [3.8, 4) is 12.3 Å². The maximum Gasteiger partial charge on any atom is 0.270 e. The molecule has 0 radical (unpaired) electrons. The first kappa shape index (κ1) is 42.2. The summed E-state index contributed by atoms with van der Waals surface area (Å²) in [5.41, 5.74) is 16.2. The van der Waals surface area contributed by atoms with E-state index in [1.54, 1.807) is 25.3 Å². The van der Waals surface area contributed by atoms with Crippen molar-refractivity contribution in [2.24, 2.45) is 15.7 Å². The number of alkyl halides is 2. The Kier molecular flexibility index (Phi) is 23.5. The molecule has 0 fully saturated rings. The smallest absolute Gasteiger partial charge is 0.270 e. The highest BCUT2D eigenvalue weighted by molar-refractivity contribution is 5.83. The molecule has 0 spiro atoms. The van der Waals surface area contributed by atoms with Gasteiger partial charge in [-0.3, -0.25) is 9.98 Å². The summed E-state index contributed by atoms with van der Waals surface area (Å²) in [4.78, 5) is 8.12. The molecule has 1 aliphatic rings. The van der Waals surface area contributed by atoms with Gasteiger partial charge in [0, 0.05) is 48.6 Å². The van der Waals surface area contributed by atoms with Crippen LogP contribution in [0.4, 0.5) is 20.2 Å². The third kappa shape index (κ3) is 17.3. The number of terminal acetylenes is 1. The molecule has 44 heavy (non-hydrogen) atoms. The van der Waals surface area contributed by atoms with Crippen LogP contribution in [0.3, 0.4) is 0 Å². The van der Waals surface area contributed by atoms with Crippen LogP contribution in [0.1, 0.15) is 88.5 Å². The Labute approximate surface area is 265 Å². The fraction of sp³-hybridized carbons (Fsp3) is 0.417. The monoisotopic (exact) mass is 608 g/mol. The van der Waals surface area contributed by atoms with Gasteiger partial charge < -0.3 is 22.2 Å². The first-order chi connectivity index (χ1) is 20.9. The first-order valence-corrected chi connectivity index (χ1v) is 14.8. The molecule has 6 N–H and O–H groups in total. The molecule has 1 unspecified atom stereocenters. The average Bonchev–Trinajstić information content (AvgIpc) is 3.47. The standard InChI is InChI=1S/C16H15F2N3.C14H23N.C3H6.C2H5N.CH5N/c1-4-11-5-13(16(2,17)18)7-14(6-11)21-9-12-8-20-10-15(12)19-3;1-4-5-6-7-11(2)13-8-9-14(15)12(3)10-13;1-3-2;1-2-3;1-2/h1,5-7,9,20H,3,8,10H2,2H3;8-11H,4-7,15H2,1-3H3;3H,1H2,2H3;2-3H,1H3;2H2,1H3. The lowest BCUT2D eigenvalue weighted by Crippen LogP contribution is -2.08. The Morgan fingerprint density at radius 3 is 2.27 bits per heavy atom. The Morgan fingerprint density at radius 1 is 1.16 bits per heavy atom. The van der Waals surface area contributed by atoms with E-state index in [0.717, 1.165) is 23.9 Å². The van der Waals surface area contributed by atoms with Crippen molar-refractivity contribution >= 4 is 30.5 Å². The van der Waals surface area contributed by atoms with E-state index >= 15 is 0 Å². The van der Waals surface area contributed by atoms with Crippen LogP contribution in [0.25, 0.3) is 0 Å². The molecule has 0 aliphatic carbocycles. The number of halogens is 2. The molecule has 0 amide bonds. The lowest BCUT2D eigenvalue weighted by atomic mass is 9.93. The van der Waals surface area contributed by atoms with Crippen LogP contribution in [-0.4, -0.2) is 39.3 Å². The molecular formula is C36H54F2N6. The Balaban J connectivity index is 0. The number of benzene rings is 2. The first-order valence-electron chi connectivity index (χ1n) is 14.8. The van der Waals surface area contributed by atoms with E-state index in [1.165, 1.54) is 62.2 Å². The van der Waals surface area contributed by atoms with Crippen LogP contribution in [0.15, 0.2) is 70.3 Å². The van der Waals surface area contributed by atoms with Crippen molar-refractivity contribution in [2.45, 2.75) is 79.1 Å². The van der Waals surface area contributed by atoms with E-state index < -0.39 is 5.92 Å². The summed E-state index contributed by atoms with van der Waals surface area (Å²) in [6, 6.07) is 10.6. The van der Waals surface area contributed by atoms with Crippen LogP contribution in [0.5, 0.6) is 0 Å². The third-order valence-corrected chi connectivity index (χ3v) is 6.23. The van der Waals surface area contributed by atoms with E-state index in [0.29, 0.717) is 30.3 Å². The molecule has 6 nitrogen and oxygen atoms in total. The van der Waals surface area contributed by atoms with Gasteiger partial charge in [-0.15, -0.1) is 13.0 Å². The molecule has 0 saturated carbocycles. The number of aryl methyl sites for hydroxylation is 1. The molecule has 2 aromatic carbocycles. The van der Waals surface area contributed by atoms with E-state index in [9.17, 15) is 8.78 Å². The lowest BCUT2D eigenvalue weighted by Gasteiger charge is -2.13. The number of nitrogens with one attached hydrogen (secondary N) is 2. The Bertz CT molecular complexity index is 1230. The quantitative estimate of drug-likeness (QED) is 0.0751. The summed E-state index contributed by atoms with van der Waals surface area (Å²) in [6.45, 7) is 19.1. The second-order valence-corrected chi connectivity index (χ2v) is 10.0. The van der Waals surface area contributed by atoms with Gasteiger partial charge in [0.2, 0.25) is 0 Å². The van der Waals surface area contributed by atoms with Gasteiger partial charge in [-0.2, -0.15) is 0 Å². The summed E-state index contributed by atoms with van der Waals surface area (Å²) in [5, 5.41) is 9.20. The molecular weight excluding hydrogens is 554 g/mol. The van der Waals surface area contributed by atoms with E-state index in [-0.39, 0.29) is 5.56 Å². The molecule has 8 heteroatoms. The maximum absolute atomic E-state index is 13.4. The number of nitrogens with two attached hydrogens (primary N) is 2. The van der Waals surface area contributed by atoms with Crippen molar-refractivity contribution in [2.75, 3.05) is 25.9 Å². The topological polar surface area (TPSA) is 113 Å². The van der Waals surface area contributed by atoms with Gasteiger partial charge in [0.25, 0.3) is 5.92 Å². The molecule has 3 rings (SSSR count). The summed E-state index contributed by atoms with van der Waals surface area (Å²) in [6.07, 6.45) is 15.2. The zero-order valence-corrected chi connectivity index (χ0v) is 27.8. The highest BCUT2D eigenvalue weighted by atomic mass is 19.3. The highest BCUT2D eigenvalue weighted by Crippen LogP contribution is 2.31. The minimum atomic E-state index is -2.96. The van der Waals surface area contributed by atoms with Crippen LogP contribution in [0.2, 0.25) is 0 Å². The van der Waals surface area contributed by atoms with Crippen LogP contribution in [0, 0.1) is 24.7 Å². The lowest BCUT2D eigenvalue weighted by molar-refractivity contribution is 0.0175. The van der Waals surface area contributed by atoms with Gasteiger partial charge >= 0.3 is 0 Å². The average molecular weight is 609 g/mol. The SMILES string of the molecule is C#Cc1cc(N=CC2=C(N=C)CNC2)cc(C(C)(F)F)c1.C=CC.CC=N.CCCCCC(C)c1ccc(N)c(C)c1.CN. The van der Waals surface area contributed by atoms with E-state index in [1.807, 2.05) is 13.0 Å². The van der Waals surface area contributed by atoms with Gasteiger partial charge in [-0.25, -0.2) is 8.78 Å². The van der Waals surface area contributed by atoms with Gasteiger partial charge in [0.05, 0.1) is 11.4 Å². The predicted octanol–water partition coefficient (Wildman–Crippen LogP) is 8.72. The van der Waals surface area contributed by atoms with Crippen molar-refractivity contribution in [3.05, 3.63) is 82.6 Å². The fourth-order valence-corrected chi connectivity index (χ4v) is 3.86. The summed E-state index contributed by atoms with van der Waals surface area (Å²) in [5.74, 6) is 0.0713. The minimum absolute atomic E-state index is 0.148. The number of nitrogens with zero attached hydrogens (tertiary/aromatic N) is 2. The number of anilines is 1. The van der Waals surface area contributed by atoms with Gasteiger partial charge in [-0.1, -0.05) is 57.2 Å². The molecule has 0 aromatic heterocycles. The molecule has 0 saturated heterocycles. The predicted molar refractivity (Wildman–Crippen MR) is 190 cm³/mol. The Hall–Kier alpha value is -3.93. The van der Waals surface area contributed by atoms with Gasteiger partial charge in [0.15, 0.2) is 0 Å². The molecule has 1 heterocycles. The van der Waals surface area contributed by atoms with Crippen LogP contribution >= 0.6 is 0 Å². The number of allylic oxidation sites excluding steroid dienone is 1. The normalized spacial score (nSPS) is 12.5. The number of unbranched alkanes of at least 4 members (excludes halogenated alkanes) is 2. The number of nitrogen functional groups attached to an aromatic ring is 1. The van der Waals surface area contributed by atoms with Crippen LogP contribution < -0.4 is 16.8 Å². The number of rotatable bonds is 9. The van der Waals surface area contributed by atoms with Crippen molar-refractivity contribution in [3.63, 3.8) is 0 Å². The van der Waals surface area contributed by atoms with E-state index in [4.69, 9.17) is 17.6 Å².